The lowest BCUT2D eigenvalue weighted by molar-refractivity contribution is -0.108. The van der Waals surface area contributed by atoms with E-state index in [0.29, 0.717) is 22.9 Å². The molecule has 1 rings (SSSR count). The standard InChI is InChI=1S/C14H19ClO3/c1-9(2)18-14-12(17-4)6-5-11(15)13(14)10(3)7-8-16/h5-6,8-10H,7H2,1-4H3. The Morgan fingerprint density at radius 3 is 2.50 bits per heavy atom. The number of rotatable bonds is 6. The first kappa shape index (κ1) is 14.8. The fraction of sp³-hybridized carbons (Fsp3) is 0.500. The number of methoxy groups -OCH3 is 1. The average molecular weight is 271 g/mol. The Bertz CT molecular complexity index is 416. The molecule has 0 bridgehead atoms. The van der Waals surface area contributed by atoms with Crippen LogP contribution in [0.25, 0.3) is 0 Å². The summed E-state index contributed by atoms with van der Waals surface area (Å²) in [6.07, 6.45) is 1.31. The van der Waals surface area contributed by atoms with Crippen LogP contribution in [0.1, 0.15) is 38.7 Å². The average Bonchev–Trinajstić information content (AvgIpc) is 2.29. The molecule has 0 saturated heterocycles. The molecule has 0 amide bonds. The highest BCUT2D eigenvalue weighted by molar-refractivity contribution is 6.31. The molecular weight excluding hydrogens is 252 g/mol. The molecule has 0 fully saturated rings. The highest BCUT2D eigenvalue weighted by Gasteiger charge is 2.20. The van der Waals surface area contributed by atoms with Gasteiger partial charge in [0.25, 0.3) is 0 Å². The number of carbonyl (C=O) groups is 1. The second-order valence-electron chi connectivity index (χ2n) is 4.46. The summed E-state index contributed by atoms with van der Waals surface area (Å²) >= 11 is 6.22. The Hall–Kier alpha value is -1.22. The maximum Gasteiger partial charge on any atom is 0.166 e. The predicted octanol–water partition coefficient (Wildman–Crippen LogP) is 3.83. The number of hydrogen-bond acceptors (Lipinski definition) is 3. The zero-order valence-electron chi connectivity index (χ0n) is 11.2. The molecule has 0 heterocycles. The van der Waals surface area contributed by atoms with Crippen molar-refractivity contribution in [2.45, 2.75) is 39.2 Å². The van der Waals surface area contributed by atoms with Gasteiger partial charge in [-0.05, 0) is 31.9 Å². The molecule has 100 valence electrons. The molecule has 0 radical (unpaired) electrons. The predicted molar refractivity (Wildman–Crippen MR) is 72.9 cm³/mol. The van der Waals surface area contributed by atoms with Crippen LogP contribution in [0.2, 0.25) is 5.02 Å². The molecule has 0 aliphatic rings. The molecule has 3 nitrogen and oxygen atoms in total. The molecule has 18 heavy (non-hydrogen) atoms. The quantitative estimate of drug-likeness (QED) is 0.737. The van der Waals surface area contributed by atoms with E-state index >= 15 is 0 Å². The van der Waals surface area contributed by atoms with E-state index in [2.05, 4.69) is 0 Å². The Balaban J connectivity index is 3.30. The van der Waals surface area contributed by atoms with Crippen molar-refractivity contribution in [2.75, 3.05) is 7.11 Å². The van der Waals surface area contributed by atoms with Gasteiger partial charge >= 0.3 is 0 Å². The molecule has 4 heteroatoms. The van der Waals surface area contributed by atoms with E-state index in [9.17, 15) is 4.79 Å². The minimum absolute atomic E-state index is 0.00106. The van der Waals surface area contributed by atoms with Crippen LogP contribution in [0.15, 0.2) is 12.1 Å². The summed E-state index contributed by atoms with van der Waals surface area (Å²) in [5, 5.41) is 0.598. The van der Waals surface area contributed by atoms with Gasteiger partial charge in [0, 0.05) is 17.0 Å². The first-order valence-electron chi connectivity index (χ1n) is 5.97. The summed E-state index contributed by atoms with van der Waals surface area (Å²) in [7, 11) is 1.59. The number of carbonyl (C=O) groups excluding carboxylic acids is 1. The molecule has 0 aliphatic carbocycles. The van der Waals surface area contributed by atoms with Gasteiger partial charge in [-0.2, -0.15) is 0 Å². The van der Waals surface area contributed by atoms with Gasteiger partial charge in [-0.25, -0.2) is 0 Å². The summed E-state index contributed by atoms with van der Waals surface area (Å²) in [5.74, 6) is 1.27. The van der Waals surface area contributed by atoms with Crippen molar-refractivity contribution in [1.82, 2.24) is 0 Å². The van der Waals surface area contributed by atoms with Gasteiger partial charge in [-0.1, -0.05) is 18.5 Å². The first-order chi connectivity index (χ1) is 8.51. The van der Waals surface area contributed by atoms with Crippen molar-refractivity contribution in [3.05, 3.63) is 22.7 Å². The van der Waals surface area contributed by atoms with E-state index < -0.39 is 0 Å². The number of ether oxygens (including phenoxy) is 2. The summed E-state index contributed by atoms with van der Waals surface area (Å²) in [6.45, 7) is 5.82. The van der Waals surface area contributed by atoms with Crippen LogP contribution in [-0.2, 0) is 4.79 Å². The fourth-order valence-corrected chi connectivity index (χ4v) is 2.13. The molecule has 1 aromatic rings. The molecule has 1 unspecified atom stereocenters. The lowest BCUT2D eigenvalue weighted by atomic mass is 9.97. The maximum absolute atomic E-state index is 10.7. The fourth-order valence-electron chi connectivity index (χ4n) is 1.79. The van der Waals surface area contributed by atoms with E-state index in [1.807, 2.05) is 20.8 Å². The van der Waals surface area contributed by atoms with Gasteiger partial charge in [0.2, 0.25) is 0 Å². The van der Waals surface area contributed by atoms with Crippen LogP contribution in [0.3, 0.4) is 0 Å². The summed E-state index contributed by atoms with van der Waals surface area (Å²) in [6, 6.07) is 3.54. The lowest BCUT2D eigenvalue weighted by Gasteiger charge is -2.21. The Morgan fingerprint density at radius 1 is 1.33 bits per heavy atom. The third-order valence-corrected chi connectivity index (χ3v) is 2.95. The van der Waals surface area contributed by atoms with Gasteiger partial charge in [0.05, 0.1) is 13.2 Å². The first-order valence-corrected chi connectivity index (χ1v) is 6.35. The molecule has 0 N–H and O–H groups in total. The van der Waals surface area contributed by atoms with E-state index in [1.165, 1.54) is 0 Å². The number of benzene rings is 1. The topological polar surface area (TPSA) is 35.5 Å². The highest BCUT2D eigenvalue weighted by Crippen LogP contribution is 2.41. The largest absolute Gasteiger partial charge is 0.493 e. The summed E-state index contributed by atoms with van der Waals surface area (Å²) in [4.78, 5) is 10.7. The van der Waals surface area contributed by atoms with Gasteiger partial charge in [-0.15, -0.1) is 0 Å². The highest BCUT2D eigenvalue weighted by atomic mass is 35.5. The number of hydrogen-bond donors (Lipinski definition) is 0. The molecule has 1 aromatic carbocycles. The van der Waals surface area contributed by atoms with Crippen molar-refractivity contribution in [1.29, 1.82) is 0 Å². The van der Waals surface area contributed by atoms with E-state index in [-0.39, 0.29) is 12.0 Å². The summed E-state index contributed by atoms with van der Waals surface area (Å²) < 4.78 is 11.1. The van der Waals surface area contributed by atoms with E-state index in [0.717, 1.165) is 11.8 Å². The van der Waals surface area contributed by atoms with Crippen LogP contribution >= 0.6 is 11.6 Å². The van der Waals surface area contributed by atoms with Crippen LogP contribution in [-0.4, -0.2) is 19.5 Å². The van der Waals surface area contributed by atoms with E-state index in [4.69, 9.17) is 21.1 Å². The number of halogens is 1. The van der Waals surface area contributed by atoms with Crippen molar-refractivity contribution >= 4 is 17.9 Å². The van der Waals surface area contributed by atoms with Crippen molar-refractivity contribution in [2.24, 2.45) is 0 Å². The number of aldehydes is 1. The third kappa shape index (κ3) is 3.39. The van der Waals surface area contributed by atoms with Gasteiger partial charge in [0.15, 0.2) is 11.5 Å². The SMILES string of the molecule is COc1ccc(Cl)c(C(C)CC=O)c1OC(C)C. The van der Waals surface area contributed by atoms with Crippen LogP contribution in [0.5, 0.6) is 11.5 Å². The maximum atomic E-state index is 10.7. The zero-order chi connectivity index (χ0) is 13.7. The zero-order valence-corrected chi connectivity index (χ0v) is 12.0. The Kier molecular flexibility index (Phi) is 5.48. The minimum Gasteiger partial charge on any atom is -0.493 e. The van der Waals surface area contributed by atoms with Gasteiger partial charge in [0.1, 0.15) is 6.29 Å². The lowest BCUT2D eigenvalue weighted by Crippen LogP contribution is -2.10. The molecule has 0 aromatic heterocycles. The van der Waals surface area contributed by atoms with Gasteiger partial charge in [-0.3, -0.25) is 0 Å². The van der Waals surface area contributed by atoms with Crippen LogP contribution in [0, 0.1) is 0 Å². The van der Waals surface area contributed by atoms with Crippen molar-refractivity contribution in [3.8, 4) is 11.5 Å². The monoisotopic (exact) mass is 270 g/mol. The minimum atomic E-state index is -0.00106. The summed E-state index contributed by atoms with van der Waals surface area (Å²) in [5.41, 5.74) is 0.830. The molecule has 0 spiro atoms. The van der Waals surface area contributed by atoms with Gasteiger partial charge < -0.3 is 14.3 Å². The Labute approximate surface area is 113 Å². The van der Waals surface area contributed by atoms with Crippen molar-refractivity contribution in [3.63, 3.8) is 0 Å². The van der Waals surface area contributed by atoms with Crippen molar-refractivity contribution < 1.29 is 14.3 Å². The third-order valence-electron chi connectivity index (χ3n) is 2.62. The second kappa shape index (κ2) is 6.64. The smallest absolute Gasteiger partial charge is 0.166 e. The van der Waals surface area contributed by atoms with Crippen LogP contribution < -0.4 is 9.47 Å². The molecule has 1 atom stereocenters. The second-order valence-corrected chi connectivity index (χ2v) is 4.87. The molecule has 0 aliphatic heterocycles. The van der Waals surface area contributed by atoms with E-state index in [1.54, 1.807) is 19.2 Å². The Morgan fingerprint density at radius 2 is 2.00 bits per heavy atom. The normalized spacial score (nSPS) is 12.3. The van der Waals surface area contributed by atoms with Crippen LogP contribution in [0.4, 0.5) is 0 Å². The molecule has 0 saturated carbocycles. The molecular formula is C14H19ClO3.